The number of nitrogens with zero attached hydrogens (tertiary/aromatic N) is 1. The molecule has 0 saturated carbocycles. The van der Waals surface area contributed by atoms with Crippen molar-refractivity contribution in [3.05, 3.63) is 24.4 Å². The van der Waals surface area contributed by atoms with E-state index in [1.54, 1.807) is 12.3 Å². The summed E-state index contributed by atoms with van der Waals surface area (Å²) in [7, 11) is -1.17. The molecule has 0 aliphatic carbocycles. The Labute approximate surface area is 81.2 Å². The van der Waals surface area contributed by atoms with E-state index in [4.69, 9.17) is 0 Å². The van der Waals surface area contributed by atoms with Gasteiger partial charge in [-0.15, -0.1) is 0 Å². The quantitative estimate of drug-likeness (QED) is 0.793. The van der Waals surface area contributed by atoms with Gasteiger partial charge in [-0.25, -0.2) is 13.9 Å². The lowest BCUT2D eigenvalue weighted by Gasteiger charge is -2.05. The van der Waals surface area contributed by atoms with Crippen LogP contribution in [0.3, 0.4) is 0 Å². The van der Waals surface area contributed by atoms with Crippen LogP contribution in [-0.4, -0.2) is 15.7 Å². The van der Waals surface area contributed by atoms with E-state index in [1.165, 1.54) is 0 Å². The Morgan fingerprint density at radius 3 is 2.85 bits per heavy atom. The van der Waals surface area contributed by atoms with Crippen LogP contribution in [0, 0.1) is 5.92 Å². The molecule has 1 heterocycles. The minimum Gasteiger partial charge on any atom is -0.246 e. The van der Waals surface area contributed by atoms with Crippen LogP contribution >= 0.6 is 0 Å². The fourth-order valence-electron chi connectivity index (χ4n) is 0.773. The normalized spacial score (nSPS) is 13.2. The summed E-state index contributed by atoms with van der Waals surface area (Å²) < 4.78 is 14.4. The first-order valence-corrected chi connectivity index (χ1v) is 5.41. The number of pyridine rings is 1. The first-order chi connectivity index (χ1) is 6.20. The van der Waals surface area contributed by atoms with Crippen LogP contribution in [0.15, 0.2) is 29.4 Å². The van der Waals surface area contributed by atoms with Crippen molar-refractivity contribution >= 4 is 11.0 Å². The van der Waals surface area contributed by atoms with Crippen molar-refractivity contribution in [1.29, 1.82) is 0 Å². The molecule has 0 amide bonds. The minimum atomic E-state index is -1.17. The van der Waals surface area contributed by atoms with E-state index in [2.05, 4.69) is 23.6 Å². The molecule has 0 aliphatic rings. The van der Waals surface area contributed by atoms with Crippen molar-refractivity contribution in [1.82, 2.24) is 9.71 Å². The van der Waals surface area contributed by atoms with Crippen molar-refractivity contribution in [3.8, 4) is 0 Å². The van der Waals surface area contributed by atoms with Crippen LogP contribution in [0.4, 0.5) is 0 Å². The highest BCUT2D eigenvalue weighted by molar-refractivity contribution is 7.83. The molecule has 72 valence electrons. The fourth-order valence-corrected chi connectivity index (χ4v) is 1.76. The van der Waals surface area contributed by atoms with E-state index in [1.807, 2.05) is 12.1 Å². The Kier molecular flexibility index (Phi) is 4.05. The first-order valence-electron chi connectivity index (χ1n) is 4.26. The van der Waals surface area contributed by atoms with E-state index in [-0.39, 0.29) is 0 Å². The second kappa shape index (κ2) is 5.09. The van der Waals surface area contributed by atoms with E-state index >= 15 is 0 Å². The summed E-state index contributed by atoms with van der Waals surface area (Å²) in [4.78, 5) is 3.99. The van der Waals surface area contributed by atoms with Crippen LogP contribution in [0.2, 0.25) is 0 Å². The van der Waals surface area contributed by atoms with Gasteiger partial charge in [-0.2, -0.15) is 0 Å². The zero-order valence-corrected chi connectivity index (χ0v) is 8.67. The van der Waals surface area contributed by atoms with Gasteiger partial charge in [-0.05, 0) is 18.1 Å². The lowest BCUT2D eigenvalue weighted by molar-refractivity contribution is 0.615. The molecule has 1 aromatic rings. The highest BCUT2D eigenvalue weighted by Gasteiger charge is 2.03. The van der Waals surface area contributed by atoms with E-state index < -0.39 is 11.0 Å². The molecule has 0 fully saturated rings. The van der Waals surface area contributed by atoms with E-state index in [0.29, 0.717) is 10.9 Å². The molecule has 4 heteroatoms. The van der Waals surface area contributed by atoms with Gasteiger partial charge in [0.25, 0.3) is 0 Å². The average Bonchev–Trinajstić information content (AvgIpc) is 2.15. The zero-order chi connectivity index (χ0) is 9.68. The number of hydrogen-bond acceptors (Lipinski definition) is 2. The lowest BCUT2D eigenvalue weighted by atomic mass is 10.2. The third kappa shape index (κ3) is 3.65. The number of rotatable bonds is 4. The molecule has 0 spiro atoms. The smallest absolute Gasteiger partial charge is 0.143 e. The summed E-state index contributed by atoms with van der Waals surface area (Å²) in [6.45, 7) is 4.88. The van der Waals surface area contributed by atoms with Gasteiger partial charge in [0.05, 0.1) is 0 Å². The summed E-state index contributed by atoms with van der Waals surface area (Å²) >= 11 is 0. The predicted molar refractivity (Wildman–Crippen MR) is 53.5 cm³/mol. The van der Waals surface area contributed by atoms with Gasteiger partial charge in [0.2, 0.25) is 0 Å². The van der Waals surface area contributed by atoms with Gasteiger partial charge in [0.15, 0.2) is 0 Å². The molecule has 13 heavy (non-hydrogen) atoms. The summed E-state index contributed by atoms with van der Waals surface area (Å²) in [6, 6.07) is 5.39. The second-order valence-electron chi connectivity index (χ2n) is 3.18. The molecule has 1 N–H and O–H groups in total. The lowest BCUT2D eigenvalue weighted by Crippen LogP contribution is -2.22. The molecule has 0 aliphatic heterocycles. The fraction of sp³-hybridized carbons (Fsp3) is 0.444. The van der Waals surface area contributed by atoms with Crippen molar-refractivity contribution in [2.75, 3.05) is 6.54 Å². The van der Waals surface area contributed by atoms with E-state index in [0.717, 1.165) is 6.54 Å². The topological polar surface area (TPSA) is 42.0 Å². The molecule has 0 bridgehead atoms. The molecule has 0 radical (unpaired) electrons. The molecular formula is C9H14N2OS. The summed E-state index contributed by atoms with van der Waals surface area (Å²) in [5.74, 6) is 0.493. The summed E-state index contributed by atoms with van der Waals surface area (Å²) in [5, 5.41) is 0.586. The Hall–Kier alpha value is -0.740. The molecule has 0 aromatic carbocycles. The monoisotopic (exact) mass is 198 g/mol. The summed E-state index contributed by atoms with van der Waals surface area (Å²) in [5.41, 5.74) is 0. The van der Waals surface area contributed by atoms with Crippen LogP contribution in [0.25, 0.3) is 0 Å². The van der Waals surface area contributed by atoms with Crippen LogP contribution in [0.1, 0.15) is 13.8 Å². The van der Waals surface area contributed by atoms with Gasteiger partial charge in [-0.3, -0.25) is 0 Å². The molecule has 1 atom stereocenters. The number of aromatic nitrogens is 1. The van der Waals surface area contributed by atoms with Crippen molar-refractivity contribution < 1.29 is 4.21 Å². The molecule has 0 saturated heterocycles. The highest BCUT2D eigenvalue weighted by Crippen LogP contribution is 1.98. The van der Waals surface area contributed by atoms with Crippen LogP contribution in [0.5, 0.6) is 0 Å². The van der Waals surface area contributed by atoms with Crippen LogP contribution < -0.4 is 4.72 Å². The van der Waals surface area contributed by atoms with Gasteiger partial charge in [0.1, 0.15) is 16.0 Å². The predicted octanol–water partition coefficient (Wildman–Crippen LogP) is 1.35. The highest BCUT2D eigenvalue weighted by atomic mass is 32.2. The van der Waals surface area contributed by atoms with Crippen molar-refractivity contribution in [2.24, 2.45) is 5.92 Å². The summed E-state index contributed by atoms with van der Waals surface area (Å²) in [6.07, 6.45) is 1.64. The Morgan fingerprint density at radius 1 is 1.54 bits per heavy atom. The van der Waals surface area contributed by atoms with Gasteiger partial charge >= 0.3 is 0 Å². The van der Waals surface area contributed by atoms with Crippen LogP contribution in [-0.2, 0) is 11.0 Å². The van der Waals surface area contributed by atoms with Gasteiger partial charge < -0.3 is 0 Å². The third-order valence-corrected chi connectivity index (χ3v) is 2.50. The van der Waals surface area contributed by atoms with Gasteiger partial charge in [-0.1, -0.05) is 19.9 Å². The second-order valence-corrected chi connectivity index (χ2v) is 4.42. The standard InChI is InChI=1S/C9H14N2OS/c1-8(2)7-11-13(12)9-5-3-4-6-10-9/h3-6,8,11H,7H2,1-2H3. The molecule has 1 unspecified atom stereocenters. The van der Waals surface area contributed by atoms with Crippen molar-refractivity contribution in [2.45, 2.75) is 18.9 Å². The van der Waals surface area contributed by atoms with Gasteiger partial charge in [0, 0.05) is 12.7 Å². The largest absolute Gasteiger partial charge is 0.246 e. The maximum absolute atomic E-state index is 11.5. The number of nitrogens with one attached hydrogen (secondary N) is 1. The zero-order valence-electron chi connectivity index (χ0n) is 7.86. The SMILES string of the molecule is CC(C)CNS(=O)c1ccccn1. The molecule has 3 nitrogen and oxygen atoms in total. The average molecular weight is 198 g/mol. The Balaban J connectivity index is 2.50. The Bertz CT molecular complexity index is 274. The molecular weight excluding hydrogens is 184 g/mol. The minimum absolute atomic E-state index is 0.493. The number of hydrogen-bond donors (Lipinski definition) is 1. The Morgan fingerprint density at radius 2 is 2.31 bits per heavy atom. The molecule has 1 rings (SSSR count). The first kappa shape index (κ1) is 10.3. The molecule has 1 aromatic heterocycles. The maximum Gasteiger partial charge on any atom is 0.143 e. The van der Waals surface area contributed by atoms with Crippen molar-refractivity contribution in [3.63, 3.8) is 0 Å². The van der Waals surface area contributed by atoms with E-state index in [9.17, 15) is 4.21 Å². The maximum atomic E-state index is 11.5. The third-order valence-electron chi connectivity index (χ3n) is 1.45.